The molecule has 5 nitrogen and oxygen atoms in total. The quantitative estimate of drug-likeness (QED) is 0.841. The molecule has 2 rings (SSSR count). The van der Waals surface area contributed by atoms with E-state index in [9.17, 15) is 8.42 Å². The Balaban J connectivity index is 2.08. The molecule has 0 saturated heterocycles. The van der Waals surface area contributed by atoms with Gasteiger partial charge in [-0.15, -0.1) is 0 Å². The van der Waals surface area contributed by atoms with E-state index in [-0.39, 0.29) is 10.9 Å². The Labute approximate surface area is 125 Å². The first-order chi connectivity index (χ1) is 9.55. The minimum atomic E-state index is -3.46. The van der Waals surface area contributed by atoms with Gasteiger partial charge in [-0.3, -0.25) is 0 Å². The number of thioether (sulfide) groups is 1. The van der Waals surface area contributed by atoms with Gasteiger partial charge in [-0.2, -0.15) is 11.8 Å². The first kappa shape index (κ1) is 15.6. The van der Waals surface area contributed by atoms with Gasteiger partial charge in [0.2, 0.25) is 10.0 Å². The minimum Gasteiger partial charge on any atom is -0.370 e. The number of rotatable bonds is 6. The zero-order chi connectivity index (χ0) is 14.6. The Hall–Kier alpha value is -0.790. The summed E-state index contributed by atoms with van der Waals surface area (Å²) >= 11 is 1.81. The van der Waals surface area contributed by atoms with Crippen molar-refractivity contribution in [3.8, 4) is 0 Å². The van der Waals surface area contributed by atoms with Crippen LogP contribution in [0.5, 0.6) is 0 Å². The second-order valence-electron chi connectivity index (χ2n) is 4.90. The molecule has 0 amide bonds. The van der Waals surface area contributed by atoms with E-state index < -0.39 is 10.0 Å². The third-order valence-electron chi connectivity index (χ3n) is 3.44. The second-order valence-corrected chi connectivity index (χ2v) is 7.75. The number of pyridine rings is 1. The molecule has 2 N–H and O–H groups in total. The Morgan fingerprint density at radius 2 is 2.25 bits per heavy atom. The van der Waals surface area contributed by atoms with Crippen LogP contribution in [0.2, 0.25) is 0 Å². The van der Waals surface area contributed by atoms with Crippen LogP contribution in [0.25, 0.3) is 0 Å². The topological polar surface area (TPSA) is 71.1 Å². The molecule has 112 valence electrons. The zero-order valence-corrected chi connectivity index (χ0v) is 13.4. The first-order valence-electron chi connectivity index (χ1n) is 6.80. The lowest BCUT2D eigenvalue weighted by Crippen LogP contribution is -2.33. The summed E-state index contributed by atoms with van der Waals surface area (Å²) in [7, 11) is -3.46. The maximum absolute atomic E-state index is 12.4. The Morgan fingerprint density at radius 1 is 1.45 bits per heavy atom. The fourth-order valence-electron chi connectivity index (χ4n) is 2.40. The smallest absolute Gasteiger partial charge is 0.241 e. The van der Waals surface area contributed by atoms with E-state index in [0.717, 1.165) is 19.3 Å². The second kappa shape index (κ2) is 6.78. The van der Waals surface area contributed by atoms with Crippen LogP contribution in [-0.2, 0) is 10.0 Å². The average molecular weight is 315 g/mol. The summed E-state index contributed by atoms with van der Waals surface area (Å²) in [5.74, 6) is 0.587. The fourth-order valence-corrected chi connectivity index (χ4v) is 4.50. The highest BCUT2D eigenvalue weighted by Gasteiger charge is 2.28. The summed E-state index contributed by atoms with van der Waals surface area (Å²) < 4.78 is 27.5. The lowest BCUT2D eigenvalue weighted by atomic mass is 10.3. The monoisotopic (exact) mass is 315 g/mol. The molecule has 1 aliphatic carbocycles. The van der Waals surface area contributed by atoms with E-state index in [2.05, 4.69) is 21.3 Å². The van der Waals surface area contributed by atoms with Crippen LogP contribution >= 0.6 is 11.8 Å². The van der Waals surface area contributed by atoms with Gasteiger partial charge in [0.25, 0.3) is 0 Å². The normalized spacial score (nSPS) is 22.9. The zero-order valence-electron chi connectivity index (χ0n) is 11.8. The highest BCUT2D eigenvalue weighted by atomic mass is 32.2. The summed E-state index contributed by atoms with van der Waals surface area (Å²) in [6, 6.07) is 3.16. The van der Waals surface area contributed by atoms with Crippen LogP contribution in [0.1, 0.15) is 26.2 Å². The molecule has 1 aliphatic rings. The highest BCUT2D eigenvalue weighted by molar-refractivity contribution is 7.99. The number of anilines is 1. The maximum atomic E-state index is 12.4. The molecular formula is C13H21N3O2S2. The Kier molecular flexibility index (Phi) is 5.29. The third kappa shape index (κ3) is 3.86. The summed E-state index contributed by atoms with van der Waals surface area (Å²) in [4.78, 5) is 4.37. The number of nitrogens with one attached hydrogen (secondary N) is 2. The molecule has 1 saturated carbocycles. The van der Waals surface area contributed by atoms with E-state index in [1.165, 1.54) is 12.3 Å². The molecule has 1 fully saturated rings. The van der Waals surface area contributed by atoms with E-state index in [1.54, 1.807) is 6.07 Å². The molecule has 1 aromatic heterocycles. The van der Waals surface area contributed by atoms with Crippen LogP contribution in [-0.4, -0.2) is 37.5 Å². The van der Waals surface area contributed by atoms with Crippen LogP contribution in [0.4, 0.5) is 5.82 Å². The summed E-state index contributed by atoms with van der Waals surface area (Å²) in [5, 5.41) is 3.59. The van der Waals surface area contributed by atoms with Gasteiger partial charge in [0.05, 0.1) is 4.90 Å². The third-order valence-corrected chi connectivity index (χ3v) is 6.05. The van der Waals surface area contributed by atoms with Crippen molar-refractivity contribution in [1.29, 1.82) is 0 Å². The van der Waals surface area contributed by atoms with E-state index in [1.807, 2.05) is 18.7 Å². The standard InChI is InChI=1S/C13H21N3O2S2/c1-3-14-13-9-12(6-7-15-13)20(17,18)16-10-4-5-11(8-10)19-2/h6-7,9-11,16H,3-5,8H2,1-2H3,(H,14,15). The van der Waals surface area contributed by atoms with E-state index in [4.69, 9.17) is 0 Å². The van der Waals surface area contributed by atoms with Crippen molar-refractivity contribution < 1.29 is 8.42 Å². The van der Waals surface area contributed by atoms with Gasteiger partial charge in [0.15, 0.2) is 0 Å². The molecular weight excluding hydrogens is 294 g/mol. The van der Waals surface area contributed by atoms with Crippen molar-refractivity contribution >= 4 is 27.6 Å². The molecule has 0 spiro atoms. The van der Waals surface area contributed by atoms with Gasteiger partial charge in [-0.05, 0) is 38.5 Å². The van der Waals surface area contributed by atoms with Crippen molar-refractivity contribution in [3.05, 3.63) is 18.3 Å². The van der Waals surface area contributed by atoms with Crippen LogP contribution in [0.3, 0.4) is 0 Å². The molecule has 0 bridgehead atoms. The number of hydrogen-bond acceptors (Lipinski definition) is 5. The summed E-state index contributed by atoms with van der Waals surface area (Å²) in [6.45, 7) is 2.66. The van der Waals surface area contributed by atoms with Gasteiger partial charge >= 0.3 is 0 Å². The fraction of sp³-hybridized carbons (Fsp3) is 0.615. The van der Waals surface area contributed by atoms with Crippen molar-refractivity contribution in [3.63, 3.8) is 0 Å². The van der Waals surface area contributed by atoms with Gasteiger partial charge in [-0.25, -0.2) is 18.1 Å². The van der Waals surface area contributed by atoms with Crippen molar-refractivity contribution in [2.24, 2.45) is 0 Å². The Morgan fingerprint density at radius 3 is 2.90 bits per heavy atom. The van der Waals surface area contributed by atoms with Gasteiger partial charge in [0.1, 0.15) is 5.82 Å². The minimum absolute atomic E-state index is 0.0493. The Bertz CT molecular complexity index is 548. The predicted octanol–water partition coefficient (Wildman–Crippen LogP) is 2.08. The van der Waals surface area contributed by atoms with Gasteiger partial charge in [-0.1, -0.05) is 0 Å². The highest BCUT2D eigenvalue weighted by Crippen LogP contribution is 2.29. The lowest BCUT2D eigenvalue weighted by Gasteiger charge is -2.14. The van der Waals surface area contributed by atoms with Gasteiger partial charge in [0, 0.05) is 30.1 Å². The van der Waals surface area contributed by atoms with Crippen molar-refractivity contribution in [2.75, 3.05) is 18.1 Å². The molecule has 1 aromatic rings. The molecule has 2 unspecified atom stereocenters. The summed E-state index contributed by atoms with van der Waals surface area (Å²) in [6.07, 6.45) is 6.49. The van der Waals surface area contributed by atoms with E-state index in [0.29, 0.717) is 17.6 Å². The van der Waals surface area contributed by atoms with Gasteiger partial charge < -0.3 is 5.32 Å². The molecule has 0 radical (unpaired) electrons. The molecule has 7 heteroatoms. The van der Waals surface area contributed by atoms with Crippen LogP contribution in [0, 0.1) is 0 Å². The molecule has 2 atom stereocenters. The number of hydrogen-bond donors (Lipinski definition) is 2. The number of aromatic nitrogens is 1. The predicted molar refractivity (Wildman–Crippen MR) is 83.7 cm³/mol. The molecule has 20 heavy (non-hydrogen) atoms. The average Bonchev–Trinajstić information content (AvgIpc) is 2.86. The van der Waals surface area contributed by atoms with E-state index >= 15 is 0 Å². The molecule has 0 aromatic carbocycles. The largest absolute Gasteiger partial charge is 0.370 e. The van der Waals surface area contributed by atoms with Crippen molar-refractivity contribution in [1.82, 2.24) is 9.71 Å². The van der Waals surface area contributed by atoms with Crippen LogP contribution < -0.4 is 10.0 Å². The number of sulfonamides is 1. The van der Waals surface area contributed by atoms with Crippen molar-refractivity contribution in [2.45, 2.75) is 42.4 Å². The SMILES string of the molecule is CCNc1cc(S(=O)(=O)NC2CCC(SC)C2)ccn1. The maximum Gasteiger partial charge on any atom is 0.241 e. The van der Waals surface area contributed by atoms with Crippen LogP contribution in [0.15, 0.2) is 23.2 Å². The summed E-state index contributed by atoms with van der Waals surface area (Å²) in [5.41, 5.74) is 0. The molecule has 1 heterocycles. The molecule has 0 aliphatic heterocycles. The number of nitrogens with zero attached hydrogens (tertiary/aromatic N) is 1. The lowest BCUT2D eigenvalue weighted by molar-refractivity contribution is 0.552. The first-order valence-corrected chi connectivity index (χ1v) is 9.57.